The van der Waals surface area contributed by atoms with Crippen molar-refractivity contribution < 1.29 is 0 Å². The van der Waals surface area contributed by atoms with Crippen molar-refractivity contribution in [3.8, 4) is 0 Å². The predicted octanol–water partition coefficient (Wildman–Crippen LogP) is 1.65. The SMILES string of the molecule is CN1CCCC1CNc1cccc(CN)c1. The molecular weight excluding hydrogens is 198 g/mol. The van der Waals surface area contributed by atoms with Gasteiger partial charge in [-0.25, -0.2) is 0 Å². The lowest BCUT2D eigenvalue weighted by molar-refractivity contribution is 0.322. The van der Waals surface area contributed by atoms with Gasteiger partial charge in [-0.3, -0.25) is 0 Å². The van der Waals surface area contributed by atoms with Crippen LogP contribution in [0.25, 0.3) is 0 Å². The summed E-state index contributed by atoms with van der Waals surface area (Å²) in [5.41, 5.74) is 7.99. The molecule has 16 heavy (non-hydrogen) atoms. The van der Waals surface area contributed by atoms with Crippen LogP contribution < -0.4 is 11.1 Å². The summed E-state index contributed by atoms with van der Waals surface area (Å²) >= 11 is 0. The summed E-state index contributed by atoms with van der Waals surface area (Å²) < 4.78 is 0. The predicted molar refractivity (Wildman–Crippen MR) is 68.5 cm³/mol. The number of anilines is 1. The summed E-state index contributed by atoms with van der Waals surface area (Å²) in [5, 5.41) is 3.49. The topological polar surface area (TPSA) is 41.3 Å². The van der Waals surface area contributed by atoms with Gasteiger partial charge in [0.05, 0.1) is 0 Å². The molecule has 0 saturated carbocycles. The number of likely N-dealkylation sites (tertiary alicyclic amines) is 1. The van der Waals surface area contributed by atoms with Crippen LogP contribution in [-0.4, -0.2) is 31.1 Å². The number of benzene rings is 1. The van der Waals surface area contributed by atoms with Crippen molar-refractivity contribution in [2.45, 2.75) is 25.4 Å². The number of rotatable bonds is 4. The van der Waals surface area contributed by atoms with Crippen LogP contribution in [0.1, 0.15) is 18.4 Å². The van der Waals surface area contributed by atoms with Crippen molar-refractivity contribution >= 4 is 5.69 Å². The molecule has 1 aromatic rings. The highest BCUT2D eigenvalue weighted by Gasteiger charge is 2.19. The first-order valence-corrected chi connectivity index (χ1v) is 6.02. The van der Waals surface area contributed by atoms with Crippen LogP contribution in [0.2, 0.25) is 0 Å². The Balaban J connectivity index is 1.88. The zero-order valence-corrected chi connectivity index (χ0v) is 9.95. The van der Waals surface area contributed by atoms with Crippen molar-refractivity contribution in [2.75, 3.05) is 25.5 Å². The molecule has 3 nitrogen and oxygen atoms in total. The first kappa shape index (κ1) is 11.4. The van der Waals surface area contributed by atoms with Crippen molar-refractivity contribution in [1.29, 1.82) is 0 Å². The van der Waals surface area contributed by atoms with Crippen LogP contribution in [0.4, 0.5) is 5.69 Å². The summed E-state index contributed by atoms with van der Waals surface area (Å²) in [6.45, 7) is 2.87. The maximum Gasteiger partial charge on any atom is 0.0343 e. The molecule has 3 heteroatoms. The van der Waals surface area contributed by atoms with Gasteiger partial charge in [-0.15, -0.1) is 0 Å². The quantitative estimate of drug-likeness (QED) is 0.809. The van der Waals surface area contributed by atoms with Gasteiger partial charge in [0.2, 0.25) is 0 Å². The Morgan fingerprint density at radius 3 is 3.06 bits per heavy atom. The van der Waals surface area contributed by atoms with E-state index >= 15 is 0 Å². The summed E-state index contributed by atoms with van der Waals surface area (Å²) in [6.07, 6.45) is 2.63. The molecule has 0 amide bonds. The van der Waals surface area contributed by atoms with E-state index in [1.54, 1.807) is 0 Å². The van der Waals surface area contributed by atoms with E-state index in [9.17, 15) is 0 Å². The Morgan fingerprint density at radius 1 is 1.50 bits per heavy atom. The fraction of sp³-hybridized carbons (Fsp3) is 0.538. The number of hydrogen-bond acceptors (Lipinski definition) is 3. The van der Waals surface area contributed by atoms with E-state index in [0.717, 1.165) is 6.54 Å². The molecule has 1 saturated heterocycles. The van der Waals surface area contributed by atoms with Gasteiger partial charge >= 0.3 is 0 Å². The number of likely N-dealkylation sites (N-methyl/N-ethyl adjacent to an activating group) is 1. The zero-order valence-electron chi connectivity index (χ0n) is 9.95. The van der Waals surface area contributed by atoms with Crippen molar-refractivity contribution in [1.82, 2.24) is 4.90 Å². The molecule has 1 aromatic carbocycles. The molecule has 1 heterocycles. The molecular formula is C13H21N3. The van der Waals surface area contributed by atoms with Crippen LogP contribution in [0.5, 0.6) is 0 Å². The zero-order chi connectivity index (χ0) is 11.4. The third-order valence-corrected chi connectivity index (χ3v) is 3.38. The molecule has 1 atom stereocenters. The highest BCUT2D eigenvalue weighted by molar-refractivity contribution is 5.45. The fourth-order valence-electron chi connectivity index (χ4n) is 2.28. The van der Waals surface area contributed by atoms with Gasteiger partial charge in [-0.2, -0.15) is 0 Å². The van der Waals surface area contributed by atoms with Crippen molar-refractivity contribution in [3.05, 3.63) is 29.8 Å². The Bertz CT molecular complexity index is 338. The molecule has 0 radical (unpaired) electrons. The highest BCUT2D eigenvalue weighted by atomic mass is 15.2. The minimum atomic E-state index is 0.610. The molecule has 3 N–H and O–H groups in total. The van der Waals surface area contributed by atoms with E-state index in [1.165, 1.54) is 30.6 Å². The summed E-state index contributed by atoms with van der Waals surface area (Å²) in [4.78, 5) is 2.43. The molecule has 1 aliphatic heterocycles. The van der Waals surface area contributed by atoms with Gasteiger partial charge in [0.1, 0.15) is 0 Å². The van der Waals surface area contributed by atoms with Crippen LogP contribution in [0, 0.1) is 0 Å². The second-order valence-electron chi connectivity index (χ2n) is 4.56. The summed E-state index contributed by atoms with van der Waals surface area (Å²) in [5.74, 6) is 0. The summed E-state index contributed by atoms with van der Waals surface area (Å²) in [7, 11) is 2.20. The van der Waals surface area contributed by atoms with Crippen LogP contribution >= 0.6 is 0 Å². The Morgan fingerprint density at radius 2 is 2.38 bits per heavy atom. The van der Waals surface area contributed by atoms with Gasteiger partial charge in [-0.1, -0.05) is 12.1 Å². The number of hydrogen-bond donors (Lipinski definition) is 2. The second kappa shape index (κ2) is 5.32. The van der Waals surface area contributed by atoms with Crippen LogP contribution in [-0.2, 0) is 6.54 Å². The number of nitrogens with two attached hydrogens (primary N) is 1. The molecule has 0 spiro atoms. The lowest BCUT2D eigenvalue weighted by Gasteiger charge is -2.20. The van der Waals surface area contributed by atoms with E-state index in [0.29, 0.717) is 12.6 Å². The second-order valence-corrected chi connectivity index (χ2v) is 4.56. The van der Waals surface area contributed by atoms with Gasteiger partial charge in [-0.05, 0) is 44.1 Å². The first-order chi connectivity index (χ1) is 7.79. The molecule has 0 bridgehead atoms. The number of nitrogens with one attached hydrogen (secondary N) is 1. The smallest absolute Gasteiger partial charge is 0.0343 e. The van der Waals surface area contributed by atoms with Gasteiger partial charge in [0.25, 0.3) is 0 Å². The van der Waals surface area contributed by atoms with E-state index in [2.05, 4.69) is 41.5 Å². The van der Waals surface area contributed by atoms with Crippen LogP contribution in [0.15, 0.2) is 24.3 Å². The van der Waals surface area contributed by atoms with E-state index < -0.39 is 0 Å². The highest BCUT2D eigenvalue weighted by Crippen LogP contribution is 2.16. The van der Waals surface area contributed by atoms with E-state index in [4.69, 9.17) is 5.73 Å². The van der Waals surface area contributed by atoms with Crippen molar-refractivity contribution in [3.63, 3.8) is 0 Å². The molecule has 1 aliphatic rings. The third-order valence-electron chi connectivity index (χ3n) is 3.38. The normalized spacial score (nSPS) is 21.2. The minimum absolute atomic E-state index is 0.610. The maximum absolute atomic E-state index is 5.62. The monoisotopic (exact) mass is 219 g/mol. The van der Waals surface area contributed by atoms with Crippen LogP contribution in [0.3, 0.4) is 0 Å². The molecule has 0 aliphatic carbocycles. The maximum atomic E-state index is 5.62. The van der Waals surface area contributed by atoms with Gasteiger partial charge in [0, 0.05) is 24.8 Å². The minimum Gasteiger partial charge on any atom is -0.383 e. The molecule has 1 fully saturated rings. The fourth-order valence-corrected chi connectivity index (χ4v) is 2.28. The van der Waals surface area contributed by atoms with Gasteiger partial charge in [0.15, 0.2) is 0 Å². The molecule has 88 valence electrons. The standard InChI is InChI=1S/C13H21N3/c1-16-7-3-6-13(16)10-15-12-5-2-4-11(8-12)9-14/h2,4-5,8,13,15H,3,6-7,9-10,14H2,1H3. The van der Waals surface area contributed by atoms with E-state index in [1.807, 2.05) is 0 Å². The Kier molecular flexibility index (Phi) is 3.80. The molecule has 0 aromatic heterocycles. The molecule has 2 rings (SSSR count). The number of nitrogens with zero attached hydrogens (tertiary/aromatic N) is 1. The molecule has 1 unspecified atom stereocenters. The lowest BCUT2D eigenvalue weighted by Crippen LogP contribution is -2.31. The van der Waals surface area contributed by atoms with Gasteiger partial charge < -0.3 is 16.0 Å². The Labute approximate surface area is 97.6 Å². The van der Waals surface area contributed by atoms with E-state index in [-0.39, 0.29) is 0 Å². The Hall–Kier alpha value is -1.06. The summed E-state index contributed by atoms with van der Waals surface area (Å²) in [6, 6.07) is 9.04. The van der Waals surface area contributed by atoms with Crippen molar-refractivity contribution in [2.24, 2.45) is 5.73 Å². The lowest BCUT2D eigenvalue weighted by atomic mass is 10.2. The average Bonchev–Trinajstić information content (AvgIpc) is 2.72. The average molecular weight is 219 g/mol. The largest absolute Gasteiger partial charge is 0.383 e. The third kappa shape index (κ3) is 2.74. The first-order valence-electron chi connectivity index (χ1n) is 6.02.